The Bertz CT molecular complexity index is 632. The van der Waals surface area contributed by atoms with Gasteiger partial charge in [0.15, 0.2) is 0 Å². The Morgan fingerprint density at radius 1 is 0.571 bits per heavy atom. The molecule has 0 saturated carbocycles. The van der Waals surface area contributed by atoms with E-state index in [-0.39, 0.29) is 0 Å². The van der Waals surface area contributed by atoms with Crippen LogP contribution in [-0.2, 0) is 24.6 Å². The molecule has 1 aromatic carbocycles. The van der Waals surface area contributed by atoms with Gasteiger partial charge in [-0.3, -0.25) is 0 Å². The SMILES string of the molecule is CCCCCCCCCCCCc1cccc(CCCCCCCCCCCC)c1SP(O)(O)=S. The van der Waals surface area contributed by atoms with Crippen LogP contribution in [0.4, 0.5) is 0 Å². The van der Waals surface area contributed by atoms with E-state index in [1.807, 2.05) is 0 Å². The average molecular weight is 543 g/mol. The summed E-state index contributed by atoms with van der Waals surface area (Å²) in [5, 5.41) is 0. The fourth-order valence-corrected chi connectivity index (χ4v) is 7.77. The van der Waals surface area contributed by atoms with E-state index in [0.717, 1.165) is 29.1 Å². The molecule has 0 atom stereocenters. The minimum atomic E-state index is -3.32. The van der Waals surface area contributed by atoms with Gasteiger partial charge in [-0.25, -0.2) is 0 Å². The van der Waals surface area contributed by atoms with Crippen LogP contribution in [0.5, 0.6) is 0 Å². The summed E-state index contributed by atoms with van der Waals surface area (Å²) in [6.45, 7) is 4.55. The van der Waals surface area contributed by atoms with Crippen LogP contribution in [0.3, 0.4) is 0 Å². The average Bonchev–Trinajstić information content (AvgIpc) is 2.82. The van der Waals surface area contributed by atoms with Gasteiger partial charge >= 0.3 is 0 Å². The lowest BCUT2D eigenvalue weighted by molar-refractivity contribution is 0.502. The van der Waals surface area contributed by atoms with Crippen molar-refractivity contribution in [3.05, 3.63) is 29.3 Å². The third-order valence-electron chi connectivity index (χ3n) is 6.99. The van der Waals surface area contributed by atoms with Crippen LogP contribution >= 0.6 is 17.1 Å². The summed E-state index contributed by atoms with van der Waals surface area (Å²) in [7, 11) is 0. The van der Waals surface area contributed by atoms with Gasteiger partial charge < -0.3 is 9.79 Å². The van der Waals surface area contributed by atoms with Crippen LogP contribution in [0.1, 0.15) is 153 Å². The fraction of sp³-hybridized carbons (Fsp3) is 0.800. The van der Waals surface area contributed by atoms with Gasteiger partial charge in [-0.2, -0.15) is 0 Å². The van der Waals surface area contributed by atoms with Gasteiger partial charge in [-0.15, -0.1) is 0 Å². The number of hydrogen-bond acceptors (Lipinski definition) is 2. The molecule has 0 saturated heterocycles. The second-order valence-corrected chi connectivity index (χ2v) is 16.2. The molecule has 0 aliphatic carbocycles. The standard InChI is InChI=1S/C30H55O2PS2/c1-3-5-7-9-11-13-15-17-19-21-24-28-26-23-27-29(30(28)35-33(31,32)34)25-22-20-18-16-14-12-10-8-6-4-2/h23,26-27H,3-22,24-25H2,1-2H3,(H2,31,32,34). The van der Waals surface area contributed by atoms with Crippen molar-refractivity contribution in [2.24, 2.45) is 0 Å². The zero-order valence-electron chi connectivity index (χ0n) is 22.9. The highest BCUT2D eigenvalue weighted by Gasteiger charge is 2.17. The Morgan fingerprint density at radius 2 is 0.886 bits per heavy atom. The van der Waals surface area contributed by atoms with Crippen molar-refractivity contribution >= 4 is 28.9 Å². The first-order valence-electron chi connectivity index (χ1n) is 14.8. The topological polar surface area (TPSA) is 40.5 Å². The first-order valence-corrected chi connectivity index (χ1v) is 19.0. The van der Waals surface area contributed by atoms with Gasteiger partial charge in [0.25, 0.3) is 0 Å². The maximum absolute atomic E-state index is 10.1. The van der Waals surface area contributed by atoms with Crippen molar-refractivity contribution in [1.29, 1.82) is 0 Å². The van der Waals surface area contributed by atoms with Crippen LogP contribution in [-0.4, -0.2) is 9.79 Å². The second kappa shape index (κ2) is 22.2. The molecule has 35 heavy (non-hydrogen) atoms. The van der Waals surface area contributed by atoms with Crippen molar-refractivity contribution in [3.8, 4) is 0 Å². The molecule has 2 N–H and O–H groups in total. The first kappa shape index (κ1) is 33.2. The zero-order chi connectivity index (χ0) is 25.6. The lowest BCUT2D eigenvalue weighted by Gasteiger charge is -2.16. The van der Waals surface area contributed by atoms with Crippen LogP contribution in [0.2, 0.25) is 0 Å². The van der Waals surface area contributed by atoms with Crippen LogP contribution in [0, 0.1) is 0 Å². The monoisotopic (exact) mass is 542 g/mol. The summed E-state index contributed by atoms with van der Waals surface area (Å²) in [4.78, 5) is 21.2. The summed E-state index contributed by atoms with van der Waals surface area (Å²) in [5.74, 6) is 0. The van der Waals surface area contributed by atoms with Gasteiger partial charge in [0.05, 0.1) is 0 Å². The molecule has 5 heteroatoms. The summed E-state index contributed by atoms with van der Waals surface area (Å²) in [6.07, 6.45) is 28.7. The Hall–Kier alpha value is 0.140. The number of unbranched alkanes of at least 4 members (excludes halogenated alkanes) is 18. The second-order valence-electron chi connectivity index (χ2n) is 10.4. The Labute approximate surface area is 227 Å². The van der Waals surface area contributed by atoms with Gasteiger partial charge in [0, 0.05) is 4.90 Å². The van der Waals surface area contributed by atoms with Crippen molar-refractivity contribution < 1.29 is 9.79 Å². The number of aryl methyl sites for hydroxylation is 2. The fourth-order valence-electron chi connectivity index (χ4n) is 4.87. The normalized spacial score (nSPS) is 11.9. The van der Waals surface area contributed by atoms with Gasteiger partial charge in [-0.1, -0.05) is 148 Å². The minimum Gasteiger partial charge on any atom is -0.337 e. The van der Waals surface area contributed by atoms with Crippen LogP contribution in [0.25, 0.3) is 0 Å². The summed E-state index contributed by atoms with van der Waals surface area (Å²) < 4.78 is 0. The van der Waals surface area contributed by atoms with Crippen LogP contribution < -0.4 is 0 Å². The van der Waals surface area contributed by atoms with E-state index < -0.39 is 5.69 Å². The van der Waals surface area contributed by atoms with Crippen molar-refractivity contribution in [2.45, 2.75) is 160 Å². The maximum Gasteiger partial charge on any atom is 0.246 e. The third kappa shape index (κ3) is 18.9. The smallest absolute Gasteiger partial charge is 0.246 e. The Kier molecular flexibility index (Phi) is 21.0. The summed E-state index contributed by atoms with van der Waals surface area (Å²) in [5.41, 5.74) is -0.802. The highest BCUT2D eigenvalue weighted by atomic mass is 32.9. The molecule has 204 valence electrons. The van der Waals surface area contributed by atoms with Crippen LogP contribution in [0.15, 0.2) is 23.1 Å². The number of hydrogen-bond donors (Lipinski definition) is 2. The van der Waals surface area contributed by atoms with E-state index in [2.05, 4.69) is 32.0 Å². The van der Waals surface area contributed by atoms with E-state index in [1.54, 1.807) is 0 Å². The summed E-state index contributed by atoms with van der Waals surface area (Å²) in [6, 6.07) is 6.49. The Balaban J connectivity index is 2.38. The number of benzene rings is 1. The highest BCUT2D eigenvalue weighted by molar-refractivity contribution is 8.67. The van der Waals surface area contributed by atoms with Gasteiger partial charge in [0.2, 0.25) is 5.69 Å². The molecule has 2 nitrogen and oxygen atoms in total. The van der Waals surface area contributed by atoms with E-state index in [0.29, 0.717) is 0 Å². The molecule has 0 radical (unpaired) electrons. The molecule has 1 rings (SSSR count). The predicted molar refractivity (Wildman–Crippen MR) is 162 cm³/mol. The van der Waals surface area contributed by atoms with E-state index >= 15 is 0 Å². The third-order valence-corrected chi connectivity index (χ3v) is 9.86. The molecule has 0 fully saturated rings. The Morgan fingerprint density at radius 3 is 1.20 bits per heavy atom. The minimum absolute atomic E-state index is 1.01. The van der Waals surface area contributed by atoms with Gasteiger partial charge in [0.1, 0.15) is 0 Å². The maximum atomic E-state index is 10.1. The molecule has 0 spiro atoms. The molecule has 0 aromatic heterocycles. The molecule has 0 aliphatic rings. The predicted octanol–water partition coefficient (Wildman–Crippen LogP) is 10.9. The quantitative estimate of drug-likeness (QED) is 0.101. The van der Waals surface area contributed by atoms with Crippen molar-refractivity contribution in [3.63, 3.8) is 0 Å². The largest absolute Gasteiger partial charge is 0.337 e. The van der Waals surface area contributed by atoms with E-state index in [4.69, 9.17) is 11.8 Å². The first-order chi connectivity index (χ1) is 17.0. The molecular formula is C30H55O2PS2. The molecule has 0 unspecified atom stereocenters. The highest BCUT2D eigenvalue weighted by Crippen LogP contribution is 2.56. The number of rotatable bonds is 24. The molecule has 0 heterocycles. The molecule has 0 bridgehead atoms. The summed E-state index contributed by atoms with van der Waals surface area (Å²) >= 11 is 6.17. The van der Waals surface area contributed by atoms with Crippen molar-refractivity contribution in [2.75, 3.05) is 0 Å². The zero-order valence-corrected chi connectivity index (χ0v) is 25.5. The van der Waals surface area contributed by atoms with Crippen molar-refractivity contribution in [1.82, 2.24) is 0 Å². The lowest BCUT2D eigenvalue weighted by atomic mass is 9.99. The molecular weight excluding hydrogens is 487 g/mol. The molecule has 0 aliphatic heterocycles. The van der Waals surface area contributed by atoms with E-state index in [9.17, 15) is 9.79 Å². The molecule has 0 amide bonds. The lowest BCUT2D eigenvalue weighted by Crippen LogP contribution is -1.96. The van der Waals surface area contributed by atoms with E-state index in [1.165, 1.54) is 140 Å². The molecule has 1 aromatic rings. The van der Waals surface area contributed by atoms with Gasteiger partial charge in [-0.05, 0) is 60.0 Å².